The van der Waals surface area contributed by atoms with Crippen LogP contribution in [0.3, 0.4) is 0 Å². The first-order chi connectivity index (χ1) is 9.83. The van der Waals surface area contributed by atoms with Gasteiger partial charge in [0.05, 0.1) is 19.4 Å². The molecule has 1 unspecified atom stereocenters. The Morgan fingerprint density at radius 1 is 1.50 bits per heavy atom. The third-order valence-corrected chi connectivity index (χ3v) is 3.95. The lowest BCUT2D eigenvalue weighted by Crippen LogP contribution is -2.36. The summed E-state index contributed by atoms with van der Waals surface area (Å²) in [4.78, 5) is 2.53. The molecule has 1 fully saturated rings. The molecule has 0 saturated carbocycles. The Morgan fingerprint density at radius 3 is 3.20 bits per heavy atom. The van der Waals surface area contributed by atoms with Gasteiger partial charge in [0.15, 0.2) is 0 Å². The van der Waals surface area contributed by atoms with Crippen molar-refractivity contribution in [2.75, 3.05) is 33.4 Å². The van der Waals surface area contributed by atoms with Gasteiger partial charge in [-0.1, -0.05) is 6.92 Å². The van der Waals surface area contributed by atoms with Gasteiger partial charge >= 0.3 is 0 Å². The first-order valence-electron chi connectivity index (χ1n) is 7.80. The van der Waals surface area contributed by atoms with E-state index in [1.807, 2.05) is 6.26 Å². The highest BCUT2D eigenvalue weighted by molar-refractivity contribution is 5.17. The molecule has 0 aromatic carbocycles. The standard InChI is InChI=1S/C16H28N2O2/c1-3-7-17-10-16-15(6-9-20-16)12-18-8-4-5-14(11-18)13-19-2/h6,9,14,17H,3-5,7-8,10-13H2,1-2H3. The molecule has 0 aliphatic carbocycles. The second-order valence-electron chi connectivity index (χ2n) is 5.74. The molecule has 114 valence electrons. The molecular weight excluding hydrogens is 252 g/mol. The fourth-order valence-corrected chi connectivity index (χ4v) is 2.95. The van der Waals surface area contributed by atoms with Crippen molar-refractivity contribution in [3.8, 4) is 0 Å². The Bertz CT molecular complexity index is 376. The van der Waals surface area contributed by atoms with Crippen molar-refractivity contribution in [1.82, 2.24) is 10.2 Å². The third kappa shape index (κ3) is 4.62. The SMILES string of the molecule is CCCNCc1occc1CN1CCCC(COC)C1. The summed E-state index contributed by atoms with van der Waals surface area (Å²) in [6, 6.07) is 2.11. The Labute approximate surface area is 122 Å². The molecule has 4 nitrogen and oxygen atoms in total. The fourth-order valence-electron chi connectivity index (χ4n) is 2.95. The number of piperidine rings is 1. The maximum atomic E-state index is 5.61. The van der Waals surface area contributed by atoms with Crippen molar-refractivity contribution in [3.63, 3.8) is 0 Å². The minimum Gasteiger partial charge on any atom is -0.468 e. The van der Waals surface area contributed by atoms with Crippen LogP contribution in [-0.2, 0) is 17.8 Å². The van der Waals surface area contributed by atoms with E-state index in [0.29, 0.717) is 5.92 Å². The second-order valence-corrected chi connectivity index (χ2v) is 5.74. The van der Waals surface area contributed by atoms with Gasteiger partial charge in [-0.25, -0.2) is 0 Å². The molecule has 0 bridgehead atoms. The smallest absolute Gasteiger partial charge is 0.122 e. The first kappa shape index (κ1) is 15.5. The number of nitrogens with zero attached hydrogens (tertiary/aromatic N) is 1. The van der Waals surface area contributed by atoms with E-state index in [4.69, 9.17) is 9.15 Å². The maximum Gasteiger partial charge on any atom is 0.122 e. The van der Waals surface area contributed by atoms with Gasteiger partial charge in [0.2, 0.25) is 0 Å². The van der Waals surface area contributed by atoms with E-state index in [1.54, 1.807) is 7.11 Å². The molecule has 1 aromatic heterocycles. The van der Waals surface area contributed by atoms with Gasteiger partial charge in [-0.3, -0.25) is 4.90 Å². The van der Waals surface area contributed by atoms with Crippen molar-refractivity contribution in [1.29, 1.82) is 0 Å². The summed E-state index contributed by atoms with van der Waals surface area (Å²) in [6.07, 6.45) is 5.53. The monoisotopic (exact) mass is 280 g/mol. The minimum absolute atomic E-state index is 0.683. The summed E-state index contributed by atoms with van der Waals surface area (Å²) >= 11 is 0. The molecule has 4 heteroatoms. The average Bonchev–Trinajstić information content (AvgIpc) is 2.87. The van der Waals surface area contributed by atoms with Crippen molar-refractivity contribution in [3.05, 3.63) is 23.7 Å². The molecule has 2 heterocycles. The topological polar surface area (TPSA) is 37.6 Å². The van der Waals surface area contributed by atoms with Crippen molar-refractivity contribution < 1.29 is 9.15 Å². The number of hydrogen-bond donors (Lipinski definition) is 1. The van der Waals surface area contributed by atoms with Gasteiger partial charge in [0, 0.05) is 25.8 Å². The highest BCUT2D eigenvalue weighted by Crippen LogP contribution is 2.20. The summed E-state index contributed by atoms with van der Waals surface area (Å²) in [7, 11) is 1.80. The van der Waals surface area contributed by atoms with Crippen LogP contribution in [0.5, 0.6) is 0 Å². The molecular formula is C16H28N2O2. The number of ether oxygens (including phenoxy) is 1. The Balaban J connectivity index is 1.84. The number of methoxy groups -OCH3 is 1. The van der Waals surface area contributed by atoms with Gasteiger partial charge < -0.3 is 14.5 Å². The largest absolute Gasteiger partial charge is 0.468 e. The molecule has 1 aromatic rings. The zero-order valence-electron chi connectivity index (χ0n) is 12.9. The number of nitrogens with one attached hydrogen (secondary N) is 1. The summed E-state index contributed by atoms with van der Waals surface area (Å²) in [5, 5.41) is 3.41. The Morgan fingerprint density at radius 2 is 2.40 bits per heavy atom. The molecule has 1 aliphatic rings. The molecule has 1 aliphatic heterocycles. The fraction of sp³-hybridized carbons (Fsp3) is 0.750. The zero-order chi connectivity index (χ0) is 14.2. The van der Waals surface area contributed by atoms with E-state index >= 15 is 0 Å². The van der Waals surface area contributed by atoms with E-state index < -0.39 is 0 Å². The lowest BCUT2D eigenvalue weighted by Gasteiger charge is -2.32. The number of furan rings is 1. The van der Waals surface area contributed by atoms with Crippen LogP contribution in [-0.4, -0.2) is 38.3 Å². The van der Waals surface area contributed by atoms with Crippen molar-refractivity contribution >= 4 is 0 Å². The molecule has 0 spiro atoms. The molecule has 2 rings (SSSR count). The van der Waals surface area contributed by atoms with Crippen molar-refractivity contribution in [2.45, 2.75) is 39.3 Å². The van der Waals surface area contributed by atoms with E-state index in [0.717, 1.165) is 45.0 Å². The predicted molar refractivity (Wildman–Crippen MR) is 80.6 cm³/mol. The van der Waals surface area contributed by atoms with E-state index in [9.17, 15) is 0 Å². The lowest BCUT2D eigenvalue weighted by atomic mass is 9.98. The number of likely N-dealkylation sites (tertiary alicyclic amines) is 1. The van der Waals surface area contributed by atoms with E-state index in [-0.39, 0.29) is 0 Å². The van der Waals surface area contributed by atoms with Crippen LogP contribution in [0.1, 0.15) is 37.5 Å². The zero-order valence-corrected chi connectivity index (χ0v) is 12.9. The maximum absolute atomic E-state index is 5.61. The quantitative estimate of drug-likeness (QED) is 0.743. The highest BCUT2D eigenvalue weighted by Gasteiger charge is 2.21. The van der Waals surface area contributed by atoms with Crippen LogP contribution in [0.25, 0.3) is 0 Å². The van der Waals surface area contributed by atoms with Gasteiger partial charge in [0.25, 0.3) is 0 Å². The molecule has 1 N–H and O–H groups in total. The minimum atomic E-state index is 0.683. The van der Waals surface area contributed by atoms with Crippen LogP contribution in [0.4, 0.5) is 0 Å². The van der Waals surface area contributed by atoms with E-state index in [1.165, 1.54) is 24.9 Å². The number of hydrogen-bond acceptors (Lipinski definition) is 4. The Hall–Kier alpha value is -0.840. The van der Waals surface area contributed by atoms with E-state index in [2.05, 4.69) is 23.2 Å². The average molecular weight is 280 g/mol. The van der Waals surface area contributed by atoms with Crippen LogP contribution in [0, 0.1) is 5.92 Å². The van der Waals surface area contributed by atoms with Crippen LogP contribution in [0.15, 0.2) is 16.7 Å². The summed E-state index contributed by atoms with van der Waals surface area (Å²) in [5.74, 6) is 1.77. The highest BCUT2D eigenvalue weighted by atomic mass is 16.5. The molecule has 20 heavy (non-hydrogen) atoms. The molecule has 1 saturated heterocycles. The molecule has 0 amide bonds. The lowest BCUT2D eigenvalue weighted by molar-refractivity contribution is 0.0871. The van der Waals surface area contributed by atoms with Crippen LogP contribution >= 0.6 is 0 Å². The summed E-state index contributed by atoms with van der Waals surface area (Å²) in [6.45, 7) is 8.27. The summed E-state index contributed by atoms with van der Waals surface area (Å²) < 4.78 is 10.9. The van der Waals surface area contributed by atoms with Gasteiger partial charge in [-0.15, -0.1) is 0 Å². The Kier molecular flexibility index (Phi) is 6.57. The third-order valence-electron chi connectivity index (χ3n) is 3.95. The first-order valence-corrected chi connectivity index (χ1v) is 7.80. The summed E-state index contributed by atoms with van der Waals surface area (Å²) in [5.41, 5.74) is 1.33. The van der Waals surface area contributed by atoms with Gasteiger partial charge in [-0.2, -0.15) is 0 Å². The predicted octanol–water partition coefficient (Wildman–Crippen LogP) is 2.64. The van der Waals surface area contributed by atoms with Gasteiger partial charge in [0.1, 0.15) is 5.76 Å². The normalized spacial score (nSPS) is 20.4. The van der Waals surface area contributed by atoms with Crippen LogP contribution in [0.2, 0.25) is 0 Å². The van der Waals surface area contributed by atoms with Crippen molar-refractivity contribution in [2.24, 2.45) is 5.92 Å². The second kappa shape index (κ2) is 8.45. The molecule has 0 radical (unpaired) electrons. The van der Waals surface area contributed by atoms with Crippen LogP contribution < -0.4 is 5.32 Å². The number of rotatable bonds is 8. The van der Waals surface area contributed by atoms with Gasteiger partial charge in [-0.05, 0) is 44.3 Å². The molecule has 1 atom stereocenters.